The van der Waals surface area contributed by atoms with Crippen LogP contribution in [0.3, 0.4) is 0 Å². The number of benzene rings is 1. The van der Waals surface area contributed by atoms with Gasteiger partial charge >= 0.3 is 0 Å². The van der Waals surface area contributed by atoms with Gasteiger partial charge in [0.2, 0.25) is 5.91 Å². The molecule has 2 aromatic rings. The molecule has 1 saturated heterocycles. The first-order valence-corrected chi connectivity index (χ1v) is 10.2. The van der Waals surface area contributed by atoms with Crippen molar-refractivity contribution in [1.29, 1.82) is 0 Å². The maximum absolute atomic E-state index is 12.3. The highest BCUT2D eigenvalue weighted by Crippen LogP contribution is 2.39. The Balaban J connectivity index is 1.88. The third-order valence-corrected chi connectivity index (χ3v) is 6.20. The van der Waals surface area contributed by atoms with Crippen LogP contribution in [0.5, 0.6) is 5.75 Å². The van der Waals surface area contributed by atoms with Gasteiger partial charge in [0.05, 0.1) is 24.8 Å². The van der Waals surface area contributed by atoms with Gasteiger partial charge in [0.25, 0.3) is 0 Å². The Kier molecular flexibility index (Phi) is 6.72. The predicted molar refractivity (Wildman–Crippen MR) is 110 cm³/mol. The van der Waals surface area contributed by atoms with Crippen LogP contribution in [0.1, 0.15) is 29.8 Å². The Morgan fingerprint density at radius 2 is 2.07 bits per heavy atom. The third-order valence-electron chi connectivity index (χ3n) is 5.26. The van der Waals surface area contributed by atoms with Crippen LogP contribution < -0.4 is 10.1 Å². The number of rotatable bonds is 7. The van der Waals surface area contributed by atoms with Crippen LogP contribution in [-0.2, 0) is 16.1 Å². The number of aliphatic hydroxyl groups is 1. The summed E-state index contributed by atoms with van der Waals surface area (Å²) in [7, 11) is 3.15. The standard InChI is InChI=1S/C21H28N2O4S/c1-21(25)10-11-23(13-15-6-8-16(27-3)9-7-15)19(17-5-4-12-28-17)20(21)22-18(24)14-26-2/h4-9,12,19-20,25H,10-11,13-14H2,1-3H3,(H,22,24). The summed E-state index contributed by atoms with van der Waals surface area (Å²) >= 11 is 1.64. The fourth-order valence-electron chi connectivity index (χ4n) is 3.74. The molecular formula is C21H28N2O4S. The molecule has 1 aliphatic heterocycles. The monoisotopic (exact) mass is 404 g/mol. The first-order valence-electron chi connectivity index (χ1n) is 9.35. The lowest BCUT2D eigenvalue weighted by molar-refractivity contribution is -0.132. The molecule has 3 atom stereocenters. The molecule has 6 nitrogen and oxygen atoms in total. The van der Waals surface area contributed by atoms with Crippen LogP contribution >= 0.6 is 11.3 Å². The molecule has 0 spiro atoms. The number of piperidine rings is 1. The zero-order valence-corrected chi connectivity index (χ0v) is 17.4. The highest BCUT2D eigenvalue weighted by molar-refractivity contribution is 7.10. The number of amides is 1. The molecule has 1 fully saturated rings. The van der Waals surface area contributed by atoms with Crippen molar-refractivity contribution < 1.29 is 19.4 Å². The number of methoxy groups -OCH3 is 2. The smallest absolute Gasteiger partial charge is 0.246 e. The second-order valence-corrected chi connectivity index (χ2v) is 8.34. The van der Waals surface area contributed by atoms with Crippen LogP contribution in [0.15, 0.2) is 41.8 Å². The lowest BCUT2D eigenvalue weighted by Gasteiger charge is -2.48. The molecule has 1 aromatic heterocycles. The quantitative estimate of drug-likeness (QED) is 0.742. The summed E-state index contributed by atoms with van der Waals surface area (Å²) in [6.07, 6.45) is 0.572. The number of nitrogens with zero attached hydrogens (tertiary/aromatic N) is 1. The summed E-state index contributed by atoms with van der Waals surface area (Å²) in [5.41, 5.74) is 0.153. The number of carbonyl (C=O) groups excluding carboxylic acids is 1. The SMILES string of the molecule is COCC(=O)NC1C(c2cccs2)N(Cc2ccc(OC)cc2)CCC1(C)O. The molecule has 28 heavy (non-hydrogen) atoms. The minimum Gasteiger partial charge on any atom is -0.497 e. The molecule has 2 heterocycles. The number of hydrogen-bond donors (Lipinski definition) is 2. The molecule has 1 aromatic carbocycles. The zero-order chi connectivity index (χ0) is 20.1. The van der Waals surface area contributed by atoms with Crippen molar-refractivity contribution in [1.82, 2.24) is 10.2 Å². The van der Waals surface area contributed by atoms with Gasteiger partial charge < -0.3 is 19.9 Å². The fourth-order valence-corrected chi connectivity index (χ4v) is 4.64. The van der Waals surface area contributed by atoms with E-state index in [1.165, 1.54) is 7.11 Å². The van der Waals surface area contributed by atoms with E-state index in [4.69, 9.17) is 9.47 Å². The Hall–Kier alpha value is -1.93. The highest BCUT2D eigenvalue weighted by atomic mass is 32.1. The van der Waals surface area contributed by atoms with E-state index in [1.807, 2.05) is 23.6 Å². The summed E-state index contributed by atoms with van der Waals surface area (Å²) in [6, 6.07) is 11.5. The van der Waals surface area contributed by atoms with Crippen LogP contribution in [0.2, 0.25) is 0 Å². The Labute approximate surface area is 170 Å². The second kappa shape index (κ2) is 9.05. The maximum Gasteiger partial charge on any atom is 0.246 e. The number of thiophene rings is 1. The Morgan fingerprint density at radius 3 is 2.68 bits per heavy atom. The van der Waals surface area contributed by atoms with Crippen LogP contribution in [-0.4, -0.2) is 54.9 Å². The molecule has 7 heteroatoms. The van der Waals surface area contributed by atoms with Gasteiger partial charge in [-0.05, 0) is 42.5 Å². The number of hydrogen-bond acceptors (Lipinski definition) is 6. The van der Waals surface area contributed by atoms with E-state index in [0.29, 0.717) is 6.42 Å². The number of likely N-dealkylation sites (tertiary alicyclic amines) is 1. The van der Waals surface area contributed by atoms with E-state index in [-0.39, 0.29) is 18.6 Å². The van der Waals surface area contributed by atoms with Gasteiger partial charge in [0.1, 0.15) is 12.4 Å². The van der Waals surface area contributed by atoms with Crippen molar-refractivity contribution in [3.8, 4) is 5.75 Å². The van der Waals surface area contributed by atoms with E-state index in [1.54, 1.807) is 25.4 Å². The van der Waals surface area contributed by atoms with Crippen molar-refractivity contribution in [2.75, 3.05) is 27.4 Å². The summed E-state index contributed by atoms with van der Waals surface area (Å²) in [4.78, 5) is 15.7. The first kappa shape index (κ1) is 20.8. The molecule has 152 valence electrons. The van der Waals surface area contributed by atoms with Gasteiger partial charge in [-0.3, -0.25) is 9.69 Å². The summed E-state index contributed by atoms with van der Waals surface area (Å²) in [5.74, 6) is 0.602. The molecule has 2 N–H and O–H groups in total. The molecule has 0 aliphatic carbocycles. The van der Waals surface area contributed by atoms with Crippen molar-refractivity contribution >= 4 is 17.2 Å². The first-order chi connectivity index (χ1) is 13.4. The molecule has 1 amide bonds. The summed E-state index contributed by atoms with van der Waals surface area (Å²) < 4.78 is 10.2. The summed E-state index contributed by atoms with van der Waals surface area (Å²) in [5, 5.41) is 16.1. The predicted octanol–water partition coefficient (Wildman–Crippen LogP) is 2.59. The topological polar surface area (TPSA) is 71.0 Å². The maximum atomic E-state index is 12.3. The Morgan fingerprint density at radius 1 is 1.32 bits per heavy atom. The fraction of sp³-hybridized carbons (Fsp3) is 0.476. The Bertz CT molecular complexity index is 761. The van der Waals surface area contributed by atoms with E-state index in [9.17, 15) is 9.90 Å². The van der Waals surface area contributed by atoms with E-state index in [2.05, 4.69) is 28.4 Å². The van der Waals surface area contributed by atoms with Crippen LogP contribution in [0.25, 0.3) is 0 Å². The molecule has 0 radical (unpaired) electrons. The van der Waals surface area contributed by atoms with Crippen molar-refractivity contribution in [3.63, 3.8) is 0 Å². The molecule has 1 aliphatic rings. The van der Waals surface area contributed by atoms with Crippen LogP contribution in [0.4, 0.5) is 0 Å². The average molecular weight is 405 g/mol. The van der Waals surface area contributed by atoms with Crippen molar-refractivity contribution in [2.45, 2.75) is 37.6 Å². The van der Waals surface area contributed by atoms with Gasteiger partial charge in [-0.1, -0.05) is 18.2 Å². The second-order valence-electron chi connectivity index (χ2n) is 7.36. The number of carbonyl (C=O) groups is 1. The molecule has 3 unspecified atom stereocenters. The van der Waals surface area contributed by atoms with E-state index < -0.39 is 11.6 Å². The largest absolute Gasteiger partial charge is 0.497 e. The van der Waals surface area contributed by atoms with Crippen molar-refractivity contribution in [2.24, 2.45) is 0 Å². The van der Waals surface area contributed by atoms with E-state index >= 15 is 0 Å². The average Bonchev–Trinajstić information content (AvgIpc) is 3.20. The van der Waals surface area contributed by atoms with Crippen molar-refractivity contribution in [3.05, 3.63) is 52.2 Å². The third kappa shape index (κ3) is 4.72. The lowest BCUT2D eigenvalue weighted by atomic mass is 9.81. The minimum absolute atomic E-state index is 0.0256. The van der Waals surface area contributed by atoms with Crippen LogP contribution in [0, 0.1) is 0 Å². The normalized spacial score (nSPS) is 25.4. The zero-order valence-electron chi connectivity index (χ0n) is 16.6. The van der Waals surface area contributed by atoms with Gasteiger partial charge in [-0.25, -0.2) is 0 Å². The van der Waals surface area contributed by atoms with E-state index in [0.717, 1.165) is 29.3 Å². The minimum atomic E-state index is -1.01. The lowest BCUT2D eigenvalue weighted by Crippen LogP contribution is -2.62. The van der Waals surface area contributed by atoms with Gasteiger partial charge in [-0.2, -0.15) is 0 Å². The molecule has 3 rings (SSSR count). The number of nitrogens with one attached hydrogen (secondary N) is 1. The molecule has 0 saturated carbocycles. The van der Waals surface area contributed by atoms with Gasteiger partial charge in [0.15, 0.2) is 0 Å². The number of ether oxygens (including phenoxy) is 2. The highest BCUT2D eigenvalue weighted by Gasteiger charge is 2.46. The van der Waals surface area contributed by atoms with Gasteiger partial charge in [0, 0.05) is 25.1 Å². The molecule has 0 bridgehead atoms. The molecular weight excluding hydrogens is 376 g/mol. The van der Waals surface area contributed by atoms with Gasteiger partial charge in [-0.15, -0.1) is 11.3 Å². The summed E-state index contributed by atoms with van der Waals surface area (Å²) in [6.45, 7) is 3.23.